The first-order valence-electron chi connectivity index (χ1n) is 9.92. The predicted octanol–water partition coefficient (Wildman–Crippen LogP) is 2.73. The van der Waals surface area contributed by atoms with Gasteiger partial charge in [0, 0.05) is 35.6 Å². The van der Waals surface area contributed by atoms with Crippen molar-refractivity contribution in [3.8, 4) is 0 Å². The van der Waals surface area contributed by atoms with Crippen molar-refractivity contribution in [1.82, 2.24) is 15.2 Å². The van der Waals surface area contributed by atoms with Crippen LogP contribution in [-0.4, -0.2) is 54.5 Å². The number of pyridine rings is 1. The van der Waals surface area contributed by atoms with E-state index in [0.29, 0.717) is 25.4 Å². The SMILES string of the molecule is Cc1cc(NC(=O)C(=O)NC[C@H](c2cccs2)N2CCOCC2)c2ccccc2n1. The van der Waals surface area contributed by atoms with Gasteiger partial charge >= 0.3 is 11.8 Å². The fourth-order valence-corrected chi connectivity index (χ4v) is 4.50. The van der Waals surface area contributed by atoms with Crippen molar-refractivity contribution in [3.05, 3.63) is 58.4 Å². The number of carbonyl (C=O) groups is 2. The van der Waals surface area contributed by atoms with Gasteiger partial charge in [-0.05, 0) is 30.5 Å². The van der Waals surface area contributed by atoms with Crippen molar-refractivity contribution in [1.29, 1.82) is 0 Å². The minimum atomic E-state index is -0.683. The quantitative estimate of drug-likeness (QED) is 0.616. The summed E-state index contributed by atoms with van der Waals surface area (Å²) in [5, 5.41) is 8.37. The third kappa shape index (κ3) is 4.67. The van der Waals surface area contributed by atoms with Crippen LogP contribution in [0.1, 0.15) is 16.6 Å². The van der Waals surface area contributed by atoms with Crippen LogP contribution in [0.4, 0.5) is 5.69 Å². The van der Waals surface area contributed by atoms with E-state index in [0.717, 1.165) is 34.6 Å². The molecule has 3 heterocycles. The molecule has 0 bridgehead atoms. The summed E-state index contributed by atoms with van der Waals surface area (Å²) in [6.45, 7) is 5.16. The van der Waals surface area contributed by atoms with Crippen molar-refractivity contribution < 1.29 is 14.3 Å². The summed E-state index contributed by atoms with van der Waals surface area (Å²) in [5.41, 5.74) is 2.13. The maximum Gasteiger partial charge on any atom is 0.313 e. The number of benzene rings is 1. The summed E-state index contributed by atoms with van der Waals surface area (Å²) in [6, 6.07) is 13.4. The summed E-state index contributed by atoms with van der Waals surface area (Å²) in [5.74, 6) is -1.33. The zero-order chi connectivity index (χ0) is 20.9. The van der Waals surface area contributed by atoms with Crippen LogP contribution in [-0.2, 0) is 14.3 Å². The van der Waals surface area contributed by atoms with Crippen LogP contribution < -0.4 is 10.6 Å². The first kappa shape index (κ1) is 20.5. The number of para-hydroxylation sites is 1. The number of aromatic nitrogens is 1. The smallest absolute Gasteiger partial charge is 0.313 e. The summed E-state index contributed by atoms with van der Waals surface area (Å²) in [7, 11) is 0. The standard InChI is InChI=1S/C22H24N4O3S/c1-15-13-18(16-5-2-3-6-17(16)24-15)25-22(28)21(27)23-14-19(20-7-4-12-30-20)26-8-10-29-11-9-26/h2-7,12-13,19H,8-11,14H2,1H3,(H,23,27)(H,24,25,28)/t19-/m1/s1. The Hall–Kier alpha value is -2.81. The lowest BCUT2D eigenvalue weighted by atomic mass is 10.1. The minimum Gasteiger partial charge on any atom is -0.379 e. The van der Waals surface area contributed by atoms with Crippen molar-refractivity contribution in [3.63, 3.8) is 0 Å². The molecule has 2 N–H and O–H groups in total. The Labute approximate surface area is 179 Å². The molecule has 3 aromatic rings. The van der Waals surface area contributed by atoms with E-state index in [9.17, 15) is 9.59 Å². The first-order valence-corrected chi connectivity index (χ1v) is 10.8. The molecule has 30 heavy (non-hydrogen) atoms. The molecule has 8 heteroatoms. The zero-order valence-corrected chi connectivity index (χ0v) is 17.6. The van der Waals surface area contributed by atoms with E-state index in [1.165, 1.54) is 0 Å². The minimum absolute atomic E-state index is 0.0228. The van der Waals surface area contributed by atoms with Crippen LogP contribution in [0, 0.1) is 6.92 Å². The van der Waals surface area contributed by atoms with E-state index in [1.807, 2.05) is 42.6 Å². The number of thiophene rings is 1. The molecule has 0 unspecified atom stereocenters. The highest BCUT2D eigenvalue weighted by Crippen LogP contribution is 2.26. The molecule has 0 spiro atoms. The van der Waals surface area contributed by atoms with Gasteiger partial charge in [-0.2, -0.15) is 0 Å². The number of ether oxygens (including phenoxy) is 1. The van der Waals surface area contributed by atoms with E-state index in [2.05, 4.69) is 26.6 Å². The number of fused-ring (bicyclic) bond motifs is 1. The monoisotopic (exact) mass is 424 g/mol. The Kier molecular flexibility index (Phi) is 6.37. The van der Waals surface area contributed by atoms with Crippen molar-refractivity contribution in [2.24, 2.45) is 0 Å². The molecule has 7 nitrogen and oxygen atoms in total. The molecule has 4 rings (SSSR count). The molecule has 1 aliphatic rings. The molecule has 1 atom stereocenters. The van der Waals surface area contributed by atoms with Gasteiger partial charge in [0.15, 0.2) is 0 Å². The molecule has 2 aromatic heterocycles. The van der Waals surface area contributed by atoms with Gasteiger partial charge < -0.3 is 15.4 Å². The molecule has 1 saturated heterocycles. The molecular formula is C22H24N4O3S. The number of anilines is 1. The highest BCUT2D eigenvalue weighted by atomic mass is 32.1. The van der Waals surface area contributed by atoms with Gasteiger partial charge in [0.05, 0.1) is 30.5 Å². The number of aryl methyl sites for hydroxylation is 1. The van der Waals surface area contributed by atoms with Gasteiger partial charge in [-0.15, -0.1) is 11.3 Å². The highest BCUT2D eigenvalue weighted by Gasteiger charge is 2.25. The first-order chi connectivity index (χ1) is 14.6. The lowest BCUT2D eigenvalue weighted by Gasteiger charge is -2.34. The Morgan fingerprint density at radius 1 is 1.17 bits per heavy atom. The van der Waals surface area contributed by atoms with Crippen molar-refractivity contribution in [2.75, 3.05) is 38.2 Å². The van der Waals surface area contributed by atoms with Gasteiger partial charge in [0.2, 0.25) is 0 Å². The molecule has 1 aromatic carbocycles. The molecule has 0 radical (unpaired) electrons. The van der Waals surface area contributed by atoms with E-state index >= 15 is 0 Å². The van der Waals surface area contributed by atoms with Gasteiger partial charge in [-0.1, -0.05) is 24.3 Å². The third-order valence-corrected chi connectivity index (χ3v) is 6.09. The molecule has 2 amide bonds. The summed E-state index contributed by atoms with van der Waals surface area (Å²) >= 11 is 1.65. The third-order valence-electron chi connectivity index (χ3n) is 5.11. The van der Waals surface area contributed by atoms with Gasteiger partial charge in [0.1, 0.15) is 0 Å². The molecule has 0 aliphatic carbocycles. The zero-order valence-electron chi connectivity index (χ0n) is 16.8. The highest BCUT2D eigenvalue weighted by molar-refractivity contribution is 7.10. The fraction of sp³-hybridized carbons (Fsp3) is 0.318. The second-order valence-corrected chi connectivity index (χ2v) is 8.15. The largest absolute Gasteiger partial charge is 0.379 e. The number of hydrogen-bond acceptors (Lipinski definition) is 6. The summed E-state index contributed by atoms with van der Waals surface area (Å²) in [6.07, 6.45) is 0. The Morgan fingerprint density at radius 2 is 1.97 bits per heavy atom. The van der Waals surface area contributed by atoms with E-state index in [-0.39, 0.29) is 6.04 Å². The number of morpholine rings is 1. The van der Waals surface area contributed by atoms with Crippen LogP contribution >= 0.6 is 11.3 Å². The maximum absolute atomic E-state index is 12.6. The molecule has 156 valence electrons. The molecule has 0 saturated carbocycles. The molecule has 1 aliphatic heterocycles. The topological polar surface area (TPSA) is 83.6 Å². The van der Waals surface area contributed by atoms with Crippen LogP contribution in [0.3, 0.4) is 0 Å². The summed E-state index contributed by atoms with van der Waals surface area (Å²) in [4.78, 5) is 33.0. The molecular weight excluding hydrogens is 400 g/mol. The van der Waals surface area contributed by atoms with Crippen LogP contribution in [0.15, 0.2) is 47.8 Å². The Morgan fingerprint density at radius 3 is 2.73 bits per heavy atom. The van der Waals surface area contributed by atoms with E-state index in [4.69, 9.17) is 4.74 Å². The lowest BCUT2D eigenvalue weighted by molar-refractivity contribution is -0.136. The van der Waals surface area contributed by atoms with Crippen molar-refractivity contribution in [2.45, 2.75) is 13.0 Å². The lowest BCUT2D eigenvalue weighted by Crippen LogP contribution is -2.45. The number of nitrogens with zero attached hydrogens (tertiary/aromatic N) is 2. The average Bonchev–Trinajstić information content (AvgIpc) is 3.29. The summed E-state index contributed by atoms with van der Waals surface area (Å²) < 4.78 is 5.45. The van der Waals surface area contributed by atoms with Crippen LogP contribution in [0.5, 0.6) is 0 Å². The maximum atomic E-state index is 12.6. The van der Waals surface area contributed by atoms with Gasteiger partial charge in [0.25, 0.3) is 0 Å². The number of amides is 2. The van der Waals surface area contributed by atoms with Crippen LogP contribution in [0.25, 0.3) is 10.9 Å². The number of hydrogen-bond donors (Lipinski definition) is 2. The van der Waals surface area contributed by atoms with E-state index in [1.54, 1.807) is 17.4 Å². The molecule has 1 fully saturated rings. The normalized spacial score (nSPS) is 15.6. The number of carbonyl (C=O) groups excluding carboxylic acids is 2. The number of nitrogens with one attached hydrogen (secondary N) is 2. The second kappa shape index (κ2) is 9.34. The Bertz CT molecular complexity index is 1030. The Balaban J connectivity index is 1.43. The number of rotatable bonds is 5. The van der Waals surface area contributed by atoms with Crippen LogP contribution in [0.2, 0.25) is 0 Å². The van der Waals surface area contributed by atoms with Crippen molar-refractivity contribution >= 4 is 39.7 Å². The van der Waals surface area contributed by atoms with E-state index < -0.39 is 11.8 Å². The predicted molar refractivity (Wildman–Crippen MR) is 118 cm³/mol. The fourth-order valence-electron chi connectivity index (χ4n) is 3.64. The van der Waals surface area contributed by atoms with Gasteiger partial charge in [-0.25, -0.2) is 0 Å². The average molecular weight is 425 g/mol. The van der Waals surface area contributed by atoms with Gasteiger partial charge in [-0.3, -0.25) is 19.5 Å². The second-order valence-electron chi connectivity index (χ2n) is 7.17.